The minimum atomic E-state index is -0.117. The highest BCUT2D eigenvalue weighted by Crippen LogP contribution is 2.29. The van der Waals surface area contributed by atoms with E-state index in [0.29, 0.717) is 6.42 Å². The number of amides is 1. The van der Waals surface area contributed by atoms with Crippen LogP contribution in [0.1, 0.15) is 32.9 Å². The molecule has 0 spiro atoms. The number of aromatic nitrogens is 2. The van der Waals surface area contributed by atoms with Crippen LogP contribution in [0.3, 0.4) is 0 Å². The Balaban J connectivity index is 2.42. The van der Waals surface area contributed by atoms with Gasteiger partial charge in [0.2, 0.25) is 5.91 Å². The molecular weight excluding hydrogens is 282 g/mol. The first-order valence-corrected chi connectivity index (χ1v) is 6.72. The minimum absolute atomic E-state index is 0.117. The molecule has 1 saturated heterocycles. The highest BCUT2D eigenvalue weighted by molar-refractivity contribution is 9.09. The second kappa shape index (κ2) is 4.12. The lowest BCUT2D eigenvalue weighted by Crippen LogP contribution is -2.32. The summed E-state index contributed by atoms with van der Waals surface area (Å²) in [5.41, 5.74) is 0.828. The lowest BCUT2D eigenvalue weighted by atomic mass is 10.1. The van der Waals surface area contributed by atoms with Crippen molar-refractivity contribution in [2.45, 2.75) is 44.5 Å². The SMILES string of the molecule is Cc1cc(N2CC(Br)CC2=O)n(C(C)(C)C)n1. The van der Waals surface area contributed by atoms with E-state index in [1.165, 1.54) is 0 Å². The molecule has 17 heavy (non-hydrogen) atoms. The van der Waals surface area contributed by atoms with Crippen molar-refractivity contribution in [3.63, 3.8) is 0 Å². The molecule has 2 rings (SSSR count). The Labute approximate surface area is 110 Å². The maximum absolute atomic E-state index is 11.9. The van der Waals surface area contributed by atoms with Gasteiger partial charge in [0.25, 0.3) is 0 Å². The fourth-order valence-electron chi connectivity index (χ4n) is 2.06. The Morgan fingerprint density at radius 2 is 2.12 bits per heavy atom. The third-order valence-electron chi connectivity index (χ3n) is 2.80. The van der Waals surface area contributed by atoms with E-state index in [-0.39, 0.29) is 16.3 Å². The smallest absolute Gasteiger partial charge is 0.229 e. The van der Waals surface area contributed by atoms with Crippen LogP contribution >= 0.6 is 15.9 Å². The molecule has 1 atom stereocenters. The van der Waals surface area contributed by atoms with E-state index < -0.39 is 0 Å². The normalized spacial score (nSPS) is 21.4. The Morgan fingerprint density at radius 1 is 1.47 bits per heavy atom. The molecule has 1 unspecified atom stereocenters. The third-order valence-corrected chi connectivity index (χ3v) is 3.42. The van der Waals surface area contributed by atoms with Crippen molar-refractivity contribution in [2.75, 3.05) is 11.4 Å². The predicted octanol–water partition coefficient (Wildman–Crippen LogP) is 2.45. The van der Waals surface area contributed by atoms with Crippen LogP contribution in [0.4, 0.5) is 5.82 Å². The summed E-state index contributed by atoms with van der Waals surface area (Å²) >= 11 is 3.51. The summed E-state index contributed by atoms with van der Waals surface area (Å²) in [6.07, 6.45) is 0.564. The number of carbonyl (C=O) groups is 1. The van der Waals surface area contributed by atoms with E-state index in [2.05, 4.69) is 41.8 Å². The van der Waals surface area contributed by atoms with Gasteiger partial charge in [-0.25, -0.2) is 4.68 Å². The number of hydrogen-bond donors (Lipinski definition) is 0. The maximum atomic E-state index is 11.9. The van der Waals surface area contributed by atoms with Crippen LogP contribution in [0, 0.1) is 6.92 Å². The van der Waals surface area contributed by atoms with Gasteiger partial charge in [0, 0.05) is 23.9 Å². The Kier molecular flexibility index (Phi) is 3.06. The molecule has 1 aliphatic rings. The molecule has 94 valence electrons. The van der Waals surface area contributed by atoms with Gasteiger partial charge >= 0.3 is 0 Å². The highest BCUT2D eigenvalue weighted by atomic mass is 79.9. The number of rotatable bonds is 1. The zero-order valence-electron chi connectivity index (χ0n) is 10.7. The Morgan fingerprint density at radius 3 is 2.59 bits per heavy atom. The summed E-state index contributed by atoms with van der Waals surface area (Å²) in [6, 6.07) is 1.98. The maximum Gasteiger partial charge on any atom is 0.229 e. The van der Waals surface area contributed by atoms with Crippen LogP contribution in [-0.2, 0) is 10.3 Å². The van der Waals surface area contributed by atoms with Crippen LogP contribution in [0.25, 0.3) is 0 Å². The molecule has 1 aromatic rings. The molecule has 0 N–H and O–H groups in total. The quantitative estimate of drug-likeness (QED) is 0.747. The summed E-state index contributed by atoms with van der Waals surface area (Å²) < 4.78 is 1.94. The minimum Gasteiger partial charge on any atom is -0.296 e. The largest absolute Gasteiger partial charge is 0.296 e. The Bertz CT molecular complexity index is 447. The van der Waals surface area contributed by atoms with Crippen LogP contribution in [0.5, 0.6) is 0 Å². The fourth-order valence-corrected chi connectivity index (χ4v) is 2.62. The van der Waals surface area contributed by atoms with Crippen LogP contribution in [0.15, 0.2) is 6.07 Å². The van der Waals surface area contributed by atoms with Crippen molar-refractivity contribution in [1.82, 2.24) is 9.78 Å². The van der Waals surface area contributed by atoms with Gasteiger partial charge in [0.1, 0.15) is 5.82 Å². The highest BCUT2D eigenvalue weighted by Gasteiger charge is 2.33. The summed E-state index contributed by atoms with van der Waals surface area (Å²) in [6.45, 7) is 8.96. The van der Waals surface area contributed by atoms with E-state index in [1.807, 2.05) is 22.6 Å². The van der Waals surface area contributed by atoms with Gasteiger partial charge in [-0.1, -0.05) is 15.9 Å². The molecule has 0 saturated carbocycles. The Hall–Kier alpha value is -0.840. The lowest BCUT2D eigenvalue weighted by Gasteiger charge is -2.26. The molecule has 1 fully saturated rings. The average molecular weight is 300 g/mol. The van der Waals surface area contributed by atoms with E-state index in [4.69, 9.17) is 0 Å². The van der Waals surface area contributed by atoms with Crippen molar-refractivity contribution < 1.29 is 4.79 Å². The van der Waals surface area contributed by atoms with Crippen molar-refractivity contribution in [1.29, 1.82) is 0 Å². The molecule has 5 heteroatoms. The monoisotopic (exact) mass is 299 g/mol. The third kappa shape index (κ3) is 2.39. The number of anilines is 1. The van der Waals surface area contributed by atoms with Crippen LogP contribution in [-0.4, -0.2) is 27.1 Å². The van der Waals surface area contributed by atoms with Crippen LogP contribution in [0.2, 0.25) is 0 Å². The number of hydrogen-bond acceptors (Lipinski definition) is 2. The molecule has 0 radical (unpaired) electrons. The van der Waals surface area contributed by atoms with Gasteiger partial charge in [0.15, 0.2) is 0 Å². The van der Waals surface area contributed by atoms with E-state index >= 15 is 0 Å². The molecule has 1 aliphatic heterocycles. The van der Waals surface area contributed by atoms with Gasteiger partial charge < -0.3 is 0 Å². The van der Waals surface area contributed by atoms with E-state index in [0.717, 1.165) is 18.1 Å². The summed E-state index contributed by atoms with van der Waals surface area (Å²) in [4.78, 5) is 14.0. The summed E-state index contributed by atoms with van der Waals surface area (Å²) in [5, 5.41) is 4.49. The number of alkyl halides is 1. The topological polar surface area (TPSA) is 38.1 Å². The van der Waals surface area contributed by atoms with Gasteiger partial charge in [-0.3, -0.25) is 9.69 Å². The van der Waals surface area contributed by atoms with Gasteiger partial charge in [-0.15, -0.1) is 0 Å². The number of halogens is 1. The van der Waals surface area contributed by atoms with Crippen molar-refractivity contribution in [3.05, 3.63) is 11.8 Å². The predicted molar refractivity (Wildman–Crippen MR) is 71.6 cm³/mol. The van der Waals surface area contributed by atoms with Crippen molar-refractivity contribution >= 4 is 27.7 Å². The number of aryl methyl sites for hydroxylation is 1. The van der Waals surface area contributed by atoms with E-state index in [9.17, 15) is 4.79 Å². The molecule has 4 nitrogen and oxygen atoms in total. The second-order valence-corrected chi connectivity index (χ2v) is 6.83. The number of nitrogens with zero attached hydrogens (tertiary/aromatic N) is 3. The molecule has 0 aliphatic carbocycles. The van der Waals surface area contributed by atoms with Gasteiger partial charge in [0.05, 0.1) is 11.2 Å². The molecule has 2 heterocycles. The standard InChI is InChI=1S/C12H18BrN3O/c1-8-5-10(16(14-8)12(2,3)4)15-7-9(13)6-11(15)17/h5,9H,6-7H2,1-4H3. The lowest BCUT2D eigenvalue weighted by molar-refractivity contribution is -0.117. The molecule has 0 aromatic carbocycles. The van der Waals surface area contributed by atoms with Crippen molar-refractivity contribution in [2.24, 2.45) is 0 Å². The first-order valence-electron chi connectivity index (χ1n) is 5.80. The summed E-state index contributed by atoms with van der Waals surface area (Å²) in [7, 11) is 0. The van der Waals surface area contributed by atoms with Gasteiger partial charge in [-0.05, 0) is 27.7 Å². The zero-order valence-corrected chi connectivity index (χ0v) is 12.3. The summed E-state index contributed by atoms with van der Waals surface area (Å²) in [5.74, 6) is 1.07. The first kappa shape index (κ1) is 12.6. The molecular formula is C12H18BrN3O. The molecule has 1 amide bonds. The van der Waals surface area contributed by atoms with Crippen molar-refractivity contribution in [3.8, 4) is 0 Å². The first-order chi connectivity index (χ1) is 7.79. The zero-order chi connectivity index (χ0) is 12.8. The van der Waals surface area contributed by atoms with Gasteiger partial charge in [-0.2, -0.15) is 5.10 Å². The fraction of sp³-hybridized carbons (Fsp3) is 0.667. The van der Waals surface area contributed by atoms with E-state index in [1.54, 1.807) is 0 Å². The average Bonchev–Trinajstić information content (AvgIpc) is 2.68. The number of carbonyl (C=O) groups excluding carboxylic acids is 1. The molecule has 0 bridgehead atoms. The van der Waals surface area contributed by atoms with Crippen LogP contribution < -0.4 is 4.90 Å². The second-order valence-electron chi connectivity index (χ2n) is 5.53. The molecule has 1 aromatic heterocycles.